The molecule has 0 saturated carbocycles. The Morgan fingerprint density at radius 2 is 1.75 bits per heavy atom. The molecule has 5 heterocycles. The van der Waals surface area contributed by atoms with Crippen molar-refractivity contribution in [2.24, 2.45) is 5.92 Å². The molecule has 4 aromatic rings. The van der Waals surface area contributed by atoms with E-state index in [0.29, 0.717) is 28.8 Å². The van der Waals surface area contributed by atoms with E-state index in [2.05, 4.69) is 9.97 Å². The number of carbonyl (C=O) groups excluding carboxylic acids is 3. The molecule has 7 N–H and O–H groups in total. The van der Waals surface area contributed by atoms with Crippen molar-refractivity contribution in [2.45, 2.75) is 62.8 Å². The standard InChI is InChI=1S/C36H44F3N9O11/c1-4-19-14-46(33(54)43-17-36(37,38)39)15-20(19)23-12-41-25-13-42-30-22(48(23)25)7-8-47(30)34(55)44(2)9-10-45(3)35(56)57-16-18-5-6-24(21(40)11-18)58-32-28(51)26(49)27(50)29(59-32)31(52)53/h5-8,11-13,19-20,26-29,32,49-51H,4,9-10,14-17,40H2,1-3H3,(H,43,54)(H,52,53)/t19-,20+,26+,27+,28-,29+,32-/m1/s1. The molecular formula is C36H44F3N9O11. The third-order valence-corrected chi connectivity index (χ3v) is 10.4. The van der Waals surface area contributed by atoms with Crippen molar-refractivity contribution >= 4 is 46.6 Å². The van der Waals surface area contributed by atoms with E-state index in [-0.39, 0.29) is 56.1 Å². The molecule has 2 aliphatic rings. The predicted octanol–water partition coefficient (Wildman–Crippen LogP) is 1.40. The van der Waals surface area contributed by atoms with Crippen LogP contribution in [0.25, 0.3) is 16.8 Å². The van der Waals surface area contributed by atoms with Gasteiger partial charge < -0.3 is 60.4 Å². The van der Waals surface area contributed by atoms with Crippen LogP contribution in [-0.4, -0.2) is 162 Å². The maximum atomic E-state index is 13.6. The zero-order chi connectivity index (χ0) is 42.9. The molecular weight excluding hydrogens is 791 g/mol. The Bertz CT molecular complexity index is 2200. The van der Waals surface area contributed by atoms with Gasteiger partial charge in [0.25, 0.3) is 0 Å². The Morgan fingerprint density at radius 3 is 2.42 bits per heavy atom. The number of aliphatic hydroxyl groups excluding tert-OH is 3. The van der Waals surface area contributed by atoms with Crippen LogP contribution in [0.15, 0.2) is 42.9 Å². The Hall–Kier alpha value is -5.91. The second-order valence-corrected chi connectivity index (χ2v) is 14.4. The Morgan fingerprint density at radius 1 is 1.02 bits per heavy atom. The number of hydrogen-bond donors (Lipinski definition) is 6. The maximum Gasteiger partial charge on any atom is 0.409 e. The number of nitrogen functional groups attached to an aromatic ring is 1. The monoisotopic (exact) mass is 835 g/mol. The number of likely N-dealkylation sites (tertiary alicyclic amines) is 1. The number of anilines is 1. The van der Waals surface area contributed by atoms with Gasteiger partial charge in [-0.1, -0.05) is 19.4 Å². The van der Waals surface area contributed by atoms with Crippen molar-refractivity contribution < 1.29 is 67.0 Å². The third-order valence-electron chi connectivity index (χ3n) is 10.4. The molecule has 7 atom stereocenters. The number of alkyl halides is 3. The van der Waals surface area contributed by atoms with Crippen LogP contribution in [0.3, 0.4) is 0 Å². The maximum absolute atomic E-state index is 13.6. The number of nitrogens with zero attached hydrogens (tertiary/aromatic N) is 7. The molecule has 2 saturated heterocycles. The molecule has 23 heteroatoms. The minimum absolute atomic E-state index is 0.00930. The number of nitrogens with one attached hydrogen (secondary N) is 1. The number of likely N-dealkylation sites (N-methyl/N-ethyl adjacent to an activating group) is 2. The fourth-order valence-corrected chi connectivity index (χ4v) is 7.05. The first-order valence-corrected chi connectivity index (χ1v) is 18.4. The summed E-state index contributed by atoms with van der Waals surface area (Å²) in [6.45, 7) is 0.900. The zero-order valence-corrected chi connectivity index (χ0v) is 32.0. The first kappa shape index (κ1) is 42.7. The van der Waals surface area contributed by atoms with E-state index >= 15 is 0 Å². The van der Waals surface area contributed by atoms with E-state index in [4.69, 9.17) is 19.9 Å². The van der Waals surface area contributed by atoms with E-state index in [0.717, 1.165) is 5.69 Å². The highest BCUT2D eigenvalue weighted by Gasteiger charge is 2.48. The topological polar surface area (TPSA) is 260 Å². The van der Waals surface area contributed by atoms with E-state index in [1.54, 1.807) is 25.5 Å². The molecule has 0 radical (unpaired) electrons. The van der Waals surface area contributed by atoms with Crippen molar-refractivity contribution in [1.82, 2.24) is 39.0 Å². The van der Waals surface area contributed by atoms with Crippen LogP contribution >= 0.6 is 0 Å². The van der Waals surface area contributed by atoms with E-state index in [9.17, 15) is 52.8 Å². The van der Waals surface area contributed by atoms with Gasteiger partial charge in [-0.2, -0.15) is 13.2 Å². The third kappa shape index (κ3) is 9.06. The number of amides is 4. The fraction of sp³-hybridized carbons (Fsp3) is 0.500. The van der Waals surface area contributed by atoms with Crippen LogP contribution in [0.4, 0.5) is 33.2 Å². The lowest BCUT2D eigenvalue weighted by atomic mass is 9.91. The van der Waals surface area contributed by atoms with Crippen LogP contribution < -0.4 is 15.8 Å². The molecule has 0 spiro atoms. The first-order valence-electron chi connectivity index (χ1n) is 18.4. The molecule has 4 amide bonds. The number of rotatable bonds is 11. The molecule has 0 unspecified atom stereocenters. The quantitative estimate of drug-likeness (QED) is 0.117. The number of urea groups is 1. The highest BCUT2D eigenvalue weighted by molar-refractivity contribution is 5.89. The summed E-state index contributed by atoms with van der Waals surface area (Å²) < 4.78 is 57.4. The SMILES string of the molecule is CC[C@@H]1CN(C(=O)NCC(F)(F)F)C[C@@H]1c1cnc2cnc3c(ccn3C(=O)N(C)CCN(C)C(=O)OCc3ccc(O[C@@H]4O[C@H](C(=O)O)[C@@H](O)[C@H](O)[C@H]4O)c(N)c3)n12. The van der Waals surface area contributed by atoms with E-state index in [1.165, 1.54) is 50.7 Å². The second-order valence-electron chi connectivity index (χ2n) is 14.4. The number of benzene rings is 1. The summed E-state index contributed by atoms with van der Waals surface area (Å²) >= 11 is 0. The summed E-state index contributed by atoms with van der Waals surface area (Å²) in [6.07, 6.45) is -8.98. The van der Waals surface area contributed by atoms with Gasteiger partial charge in [-0.3, -0.25) is 8.97 Å². The number of carbonyl (C=O) groups is 4. The van der Waals surface area contributed by atoms with Crippen LogP contribution in [0, 0.1) is 5.92 Å². The number of halogens is 3. The molecule has 320 valence electrons. The first-order chi connectivity index (χ1) is 27.9. The Kier molecular flexibility index (Phi) is 12.4. The van der Waals surface area contributed by atoms with Gasteiger partial charge >= 0.3 is 30.3 Å². The number of imidazole rings is 1. The Balaban J connectivity index is 1.04. The summed E-state index contributed by atoms with van der Waals surface area (Å²) in [5.74, 6) is -1.92. The van der Waals surface area contributed by atoms with Gasteiger partial charge in [0.15, 0.2) is 17.4 Å². The number of ether oxygens (including phenoxy) is 3. The summed E-state index contributed by atoms with van der Waals surface area (Å²) in [5, 5.41) is 41.3. The molecule has 3 aromatic heterocycles. The number of aromatic nitrogens is 4. The number of carboxylic acids is 1. The number of carboxylic acid groups (broad SMARTS) is 1. The number of aliphatic carboxylic acids is 1. The average Bonchev–Trinajstić information content (AvgIpc) is 3.95. The van der Waals surface area contributed by atoms with Crippen molar-refractivity contribution in [1.29, 1.82) is 0 Å². The minimum atomic E-state index is -4.54. The lowest BCUT2D eigenvalue weighted by molar-refractivity contribution is -0.271. The molecule has 2 aliphatic heterocycles. The second kappa shape index (κ2) is 17.1. The van der Waals surface area contributed by atoms with Gasteiger partial charge in [-0.15, -0.1) is 0 Å². The fourth-order valence-electron chi connectivity index (χ4n) is 7.05. The summed E-state index contributed by atoms with van der Waals surface area (Å²) in [5.41, 5.74) is 8.59. The van der Waals surface area contributed by atoms with Gasteiger partial charge in [0.2, 0.25) is 6.29 Å². The zero-order valence-electron chi connectivity index (χ0n) is 32.0. The predicted molar refractivity (Wildman–Crippen MR) is 198 cm³/mol. The van der Waals surface area contributed by atoms with E-state index < -0.39 is 67.6 Å². The number of nitrogens with two attached hydrogens (primary N) is 1. The number of aliphatic hydroxyl groups is 3. The van der Waals surface area contributed by atoms with Crippen LogP contribution in [0.2, 0.25) is 0 Å². The van der Waals surface area contributed by atoms with Gasteiger partial charge in [0.05, 0.1) is 17.4 Å². The molecule has 2 fully saturated rings. The smallest absolute Gasteiger partial charge is 0.409 e. The largest absolute Gasteiger partial charge is 0.479 e. The van der Waals surface area contributed by atoms with Crippen LogP contribution in [0.1, 0.15) is 30.5 Å². The van der Waals surface area contributed by atoms with Crippen molar-refractivity contribution in [2.75, 3.05) is 52.6 Å². The normalized spacial score (nSPS) is 23.3. The summed E-state index contributed by atoms with van der Waals surface area (Å²) in [4.78, 5) is 63.4. The van der Waals surface area contributed by atoms with Crippen LogP contribution in [-0.2, 0) is 20.9 Å². The lowest BCUT2D eigenvalue weighted by Crippen LogP contribution is -2.61. The lowest BCUT2D eigenvalue weighted by Gasteiger charge is -2.38. The highest BCUT2D eigenvalue weighted by Crippen LogP contribution is 2.36. The van der Waals surface area contributed by atoms with Gasteiger partial charge in [-0.05, 0) is 29.7 Å². The highest BCUT2D eigenvalue weighted by atomic mass is 19.4. The molecule has 59 heavy (non-hydrogen) atoms. The molecule has 1 aromatic carbocycles. The number of fused-ring (bicyclic) bond motifs is 3. The van der Waals surface area contributed by atoms with Crippen molar-refractivity contribution in [3.8, 4) is 5.75 Å². The van der Waals surface area contributed by atoms with Crippen molar-refractivity contribution in [3.05, 3.63) is 54.1 Å². The molecule has 20 nitrogen and oxygen atoms in total. The van der Waals surface area contributed by atoms with Gasteiger partial charge in [-0.25, -0.2) is 29.1 Å². The van der Waals surface area contributed by atoms with Crippen LogP contribution in [0.5, 0.6) is 5.75 Å². The van der Waals surface area contributed by atoms with E-state index in [1.807, 2.05) is 16.6 Å². The Labute approximate surface area is 333 Å². The average molecular weight is 836 g/mol. The minimum Gasteiger partial charge on any atom is -0.479 e. The molecule has 0 aliphatic carbocycles. The summed E-state index contributed by atoms with van der Waals surface area (Å²) in [7, 11) is 3.03. The summed E-state index contributed by atoms with van der Waals surface area (Å²) in [6, 6.07) is 4.70. The van der Waals surface area contributed by atoms with Crippen molar-refractivity contribution in [3.63, 3.8) is 0 Å². The molecule has 0 bridgehead atoms. The molecule has 6 rings (SSSR count). The van der Waals surface area contributed by atoms with Gasteiger partial charge in [0, 0.05) is 64.3 Å². The van der Waals surface area contributed by atoms with Gasteiger partial charge in [0.1, 0.15) is 37.2 Å². The number of hydrogen-bond acceptors (Lipinski definition) is 13.